The van der Waals surface area contributed by atoms with E-state index in [1.54, 1.807) is 0 Å². The molecule has 5 nitrogen and oxygen atoms in total. The van der Waals surface area contributed by atoms with Crippen LogP contribution in [0.2, 0.25) is 0 Å². The molecule has 0 aliphatic rings. The summed E-state index contributed by atoms with van der Waals surface area (Å²) in [5, 5.41) is 0. The maximum Gasteiger partial charge on any atom is 0.306 e. The fourth-order valence-corrected chi connectivity index (χ4v) is 6.25. The number of hydrogen-bond donors (Lipinski definition) is 0. The van der Waals surface area contributed by atoms with E-state index in [1.807, 2.05) is 6.08 Å². The Balaban J connectivity index is 4.33. The summed E-state index contributed by atoms with van der Waals surface area (Å²) in [5.74, 6) is -0.512. The Bertz CT molecular complexity index is 1210. The Labute approximate surface area is 370 Å². The van der Waals surface area contributed by atoms with Crippen LogP contribution in [0.5, 0.6) is 0 Å². The lowest BCUT2D eigenvalue weighted by atomic mass is 10.1. The minimum absolute atomic E-state index is 0.0360. The van der Waals surface area contributed by atoms with Gasteiger partial charge in [-0.25, -0.2) is 0 Å². The molecule has 0 heterocycles. The normalized spacial score (nSPS) is 13.2. The van der Waals surface area contributed by atoms with Gasteiger partial charge in [-0.3, -0.25) is 9.59 Å². The van der Waals surface area contributed by atoms with Crippen molar-refractivity contribution < 1.29 is 23.8 Å². The minimum Gasteiger partial charge on any atom is -0.462 e. The zero-order chi connectivity index (χ0) is 43.5. The topological polar surface area (TPSA) is 61.8 Å². The SMILES string of the molecule is CC/C=C\C/C=C\C/C=C\C/C=C\C/C=C\C/C=C\CCC(=O)OCC(COCCCCCCCCCC)OC(=O)CCCCCCCCC/C=C\C/C=C\C/C=C\CC. The van der Waals surface area contributed by atoms with Gasteiger partial charge in [0.1, 0.15) is 6.61 Å². The highest BCUT2D eigenvalue weighted by Crippen LogP contribution is 2.12. The molecule has 0 fully saturated rings. The second-order valence-corrected chi connectivity index (χ2v) is 15.6. The Morgan fingerprint density at radius 1 is 0.383 bits per heavy atom. The van der Waals surface area contributed by atoms with Crippen molar-refractivity contribution in [1.82, 2.24) is 0 Å². The van der Waals surface area contributed by atoms with Gasteiger partial charge in [-0.1, -0.05) is 207 Å². The zero-order valence-corrected chi connectivity index (χ0v) is 38.9. The van der Waals surface area contributed by atoms with Crippen LogP contribution in [-0.2, 0) is 23.8 Å². The third-order valence-electron chi connectivity index (χ3n) is 9.82. The molecule has 0 rings (SSSR count). The molecule has 0 aromatic heterocycles. The molecule has 0 aliphatic heterocycles. The van der Waals surface area contributed by atoms with Crippen LogP contribution in [0.1, 0.15) is 201 Å². The predicted octanol–water partition coefficient (Wildman–Crippen LogP) is 16.4. The minimum atomic E-state index is -0.575. The second kappa shape index (κ2) is 49.9. The van der Waals surface area contributed by atoms with E-state index in [2.05, 4.69) is 124 Å². The molecule has 0 aromatic carbocycles. The molecular weight excluding hydrogens is 741 g/mol. The Kier molecular flexibility index (Phi) is 47.1. The molecule has 0 saturated carbocycles. The van der Waals surface area contributed by atoms with Crippen molar-refractivity contribution in [3.63, 3.8) is 0 Å². The van der Waals surface area contributed by atoms with Crippen molar-refractivity contribution in [3.8, 4) is 0 Å². The maximum absolute atomic E-state index is 12.7. The van der Waals surface area contributed by atoms with Crippen LogP contribution in [0, 0.1) is 0 Å². The first-order valence-corrected chi connectivity index (χ1v) is 24.4. The molecular formula is C55H90O5. The van der Waals surface area contributed by atoms with E-state index in [9.17, 15) is 9.59 Å². The molecule has 1 unspecified atom stereocenters. The highest BCUT2D eigenvalue weighted by molar-refractivity contribution is 5.70. The van der Waals surface area contributed by atoms with Crippen LogP contribution in [0.15, 0.2) is 109 Å². The van der Waals surface area contributed by atoms with Crippen LogP contribution >= 0.6 is 0 Å². The Morgan fingerprint density at radius 3 is 1.27 bits per heavy atom. The van der Waals surface area contributed by atoms with E-state index in [1.165, 1.54) is 64.2 Å². The largest absolute Gasteiger partial charge is 0.462 e. The third-order valence-corrected chi connectivity index (χ3v) is 9.82. The average Bonchev–Trinajstić information content (AvgIpc) is 3.25. The second-order valence-electron chi connectivity index (χ2n) is 15.6. The number of hydrogen-bond acceptors (Lipinski definition) is 5. The first-order valence-electron chi connectivity index (χ1n) is 24.4. The highest BCUT2D eigenvalue weighted by atomic mass is 16.6. The summed E-state index contributed by atoms with van der Waals surface area (Å²) in [4.78, 5) is 25.3. The number of esters is 2. The van der Waals surface area contributed by atoms with Gasteiger partial charge in [0.05, 0.1) is 6.61 Å². The van der Waals surface area contributed by atoms with Crippen molar-refractivity contribution >= 4 is 11.9 Å². The Morgan fingerprint density at radius 2 is 0.783 bits per heavy atom. The van der Waals surface area contributed by atoms with Crippen LogP contribution in [0.25, 0.3) is 0 Å². The van der Waals surface area contributed by atoms with Gasteiger partial charge < -0.3 is 14.2 Å². The van der Waals surface area contributed by atoms with E-state index in [0.29, 0.717) is 25.9 Å². The number of ether oxygens (including phenoxy) is 3. The Hall–Kier alpha value is -3.44. The van der Waals surface area contributed by atoms with E-state index in [-0.39, 0.29) is 25.2 Å². The standard InChI is InChI=1S/C55H90O5/c1-4-7-10-13-16-19-21-23-25-27-28-30-31-33-35-37-39-42-45-48-54(56)59-52-53(51-58-50-47-44-41-18-15-12-9-6-3)60-55(57)49-46-43-40-38-36-34-32-29-26-24-22-20-17-14-11-8-5-2/h7-8,10-11,16-17,19-20,23-26,28,30,33,35,39,42,53H,4-6,9,12-15,18,21-22,27,29,31-32,34,36-38,40-41,43-52H2,1-3H3/b10-7-,11-8-,19-16-,20-17-,25-23-,26-24-,30-28-,35-33-,42-39-. The molecule has 0 N–H and O–H groups in total. The molecule has 0 aromatic rings. The van der Waals surface area contributed by atoms with Crippen LogP contribution in [0.4, 0.5) is 0 Å². The summed E-state index contributed by atoms with van der Waals surface area (Å²) in [5.41, 5.74) is 0. The zero-order valence-electron chi connectivity index (χ0n) is 38.9. The quantitative estimate of drug-likeness (QED) is 0.0348. The van der Waals surface area contributed by atoms with Crippen molar-refractivity contribution in [2.24, 2.45) is 0 Å². The van der Waals surface area contributed by atoms with Crippen LogP contribution in [0.3, 0.4) is 0 Å². The van der Waals surface area contributed by atoms with Gasteiger partial charge in [0.25, 0.3) is 0 Å². The number of rotatable bonds is 43. The molecule has 0 saturated heterocycles. The smallest absolute Gasteiger partial charge is 0.306 e. The molecule has 0 bridgehead atoms. The summed E-state index contributed by atoms with van der Waals surface area (Å²) in [7, 11) is 0. The summed E-state index contributed by atoms with van der Waals surface area (Å²) in [6.07, 6.45) is 68.2. The fraction of sp³-hybridized carbons (Fsp3) is 0.636. The molecule has 0 amide bonds. The van der Waals surface area contributed by atoms with Crippen molar-refractivity contribution in [1.29, 1.82) is 0 Å². The summed E-state index contributed by atoms with van der Waals surface area (Å²) in [6, 6.07) is 0. The van der Waals surface area contributed by atoms with Crippen molar-refractivity contribution in [2.75, 3.05) is 19.8 Å². The van der Waals surface area contributed by atoms with E-state index in [0.717, 1.165) is 96.3 Å². The summed E-state index contributed by atoms with van der Waals surface area (Å²) in [6.45, 7) is 7.48. The molecule has 340 valence electrons. The third kappa shape index (κ3) is 47.2. The van der Waals surface area contributed by atoms with Gasteiger partial charge in [-0.05, 0) is 89.9 Å². The average molecular weight is 831 g/mol. The first-order chi connectivity index (χ1) is 29.6. The maximum atomic E-state index is 12.7. The van der Waals surface area contributed by atoms with E-state index in [4.69, 9.17) is 14.2 Å². The number of allylic oxidation sites excluding steroid dienone is 18. The monoisotopic (exact) mass is 831 g/mol. The predicted molar refractivity (Wildman–Crippen MR) is 260 cm³/mol. The van der Waals surface area contributed by atoms with E-state index < -0.39 is 6.10 Å². The van der Waals surface area contributed by atoms with E-state index >= 15 is 0 Å². The van der Waals surface area contributed by atoms with Crippen LogP contribution in [-0.4, -0.2) is 37.9 Å². The molecule has 60 heavy (non-hydrogen) atoms. The lowest BCUT2D eigenvalue weighted by molar-refractivity contribution is -0.162. The van der Waals surface area contributed by atoms with Crippen molar-refractivity contribution in [3.05, 3.63) is 109 Å². The highest BCUT2D eigenvalue weighted by Gasteiger charge is 2.17. The van der Waals surface area contributed by atoms with Gasteiger partial charge >= 0.3 is 11.9 Å². The van der Waals surface area contributed by atoms with Gasteiger partial charge in [0, 0.05) is 19.4 Å². The van der Waals surface area contributed by atoms with Crippen molar-refractivity contribution in [2.45, 2.75) is 207 Å². The molecule has 0 aliphatic carbocycles. The summed E-state index contributed by atoms with van der Waals surface area (Å²) >= 11 is 0. The fourth-order valence-electron chi connectivity index (χ4n) is 6.25. The lowest BCUT2D eigenvalue weighted by Crippen LogP contribution is -2.30. The number of carbonyl (C=O) groups excluding carboxylic acids is 2. The van der Waals surface area contributed by atoms with Gasteiger partial charge in [-0.2, -0.15) is 0 Å². The molecule has 0 spiro atoms. The van der Waals surface area contributed by atoms with Gasteiger partial charge in [-0.15, -0.1) is 0 Å². The number of unbranched alkanes of at least 4 members (excludes halogenated alkanes) is 14. The molecule has 1 atom stereocenters. The summed E-state index contributed by atoms with van der Waals surface area (Å²) < 4.78 is 17.2. The molecule has 5 heteroatoms. The molecule has 0 radical (unpaired) electrons. The first kappa shape index (κ1) is 56.6. The van der Waals surface area contributed by atoms with Gasteiger partial charge in [0.2, 0.25) is 0 Å². The van der Waals surface area contributed by atoms with Gasteiger partial charge in [0.15, 0.2) is 6.10 Å². The lowest BCUT2D eigenvalue weighted by Gasteiger charge is -2.18. The van der Waals surface area contributed by atoms with Crippen LogP contribution < -0.4 is 0 Å². The number of carbonyl (C=O) groups is 2.